The maximum absolute atomic E-state index is 12.7. The molecule has 63 heavy (non-hydrogen) atoms. The Labute approximate surface area is 385 Å². The SMILES string of the molecule is CC/C=C\C/C=C\C/C=C\C/C=C\C/C=C\CCC(=O)OC(COC(=O)CCC/C=C\C/C=C\C/C=C\CC)COC(=O)CCCCCCC\C=C/C=C\C=C/C=C\CCCCC. The molecular formula is C57H86O6. The van der Waals surface area contributed by atoms with E-state index in [1.807, 2.05) is 12.2 Å². The molecule has 0 aromatic heterocycles. The third-order valence-electron chi connectivity index (χ3n) is 9.42. The zero-order chi connectivity index (χ0) is 45.8. The molecule has 0 amide bonds. The lowest BCUT2D eigenvalue weighted by molar-refractivity contribution is -0.166. The molecule has 0 heterocycles. The van der Waals surface area contributed by atoms with Crippen molar-refractivity contribution in [1.82, 2.24) is 0 Å². The molecule has 6 nitrogen and oxygen atoms in total. The first-order valence-electron chi connectivity index (χ1n) is 24.4. The van der Waals surface area contributed by atoms with Gasteiger partial charge in [-0.25, -0.2) is 0 Å². The van der Waals surface area contributed by atoms with Crippen LogP contribution in [0.5, 0.6) is 0 Å². The van der Waals surface area contributed by atoms with Crippen LogP contribution >= 0.6 is 0 Å². The molecular weight excluding hydrogens is 781 g/mol. The number of esters is 3. The maximum Gasteiger partial charge on any atom is 0.306 e. The largest absolute Gasteiger partial charge is 0.462 e. The van der Waals surface area contributed by atoms with Gasteiger partial charge in [-0.15, -0.1) is 0 Å². The molecule has 0 N–H and O–H groups in total. The highest BCUT2D eigenvalue weighted by Crippen LogP contribution is 2.10. The third kappa shape index (κ3) is 48.2. The molecule has 1 unspecified atom stereocenters. The van der Waals surface area contributed by atoms with E-state index in [1.165, 1.54) is 19.3 Å². The van der Waals surface area contributed by atoms with Crippen LogP contribution in [0.25, 0.3) is 0 Å². The van der Waals surface area contributed by atoms with Gasteiger partial charge in [0.05, 0.1) is 0 Å². The van der Waals surface area contributed by atoms with Crippen LogP contribution < -0.4 is 0 Å². The van der Waals surface area contributed by atoms with Gasteiger partial charge in [-0.3, -0.25) is 14.4 Å². The molecule has 6 heteroatoms. The smallest absolute Gasteiger partial charge is 0.306 e. The highest BCUT2D eigenvalue weighted by Gasteiger charge is 2.19. The van der Waals surface area contributed by atoms with Crippen molar-refractivity contribution in [3.8, 4) is 0 Å². The minimum Gasteiger partial charge on any atom is -0.462 e. The third-order valence-corrected chi connectivity index (χ3v) is 9.42. The van der Waals surface area contributed by atoms with Gasteiger partial charge < -0.3 is 14.2 Å². The van der Waals surface area contributed by atoms with Gasteiger partial charge in [-0.1, -0.05) is 199 Å². The Morgan fingerprint density at radius 3 is 1.22 bits per heavy atom. The summed E-state index contributed by atoms with van der Waals surface area (Å²) in [6.07, 6.45) is 71.3. The second-order valence-electron chi connectivity index (χ2n) is 15.3. The number of allylic oxidation sites excluding steroid dienone is 24. The lowest BCUT2D eigenvalue weighted by atomic mass is 10.1. The molecule has 0 aromatic carbocycles. The summed E-state index contributed by atoms with van der Waals surface area (Å²) in [5.41, 5.74) is 0. The van der Waals surface area contributed by atoms with Crippen LogP contribution in [0.3, 0.4) is 0 Å². The summed E-state index contributed by atoms with van der Waals surface area (Å²) >= 11 is 0. The predicted octanol–water partition coefficient (Wildman–Crippen LogP) is 16.1. The number of carbonyl (C=O) groups is 3. The first-order valence-corrected chi connectivity index (χ1v) is 24.4. The molecule has 0 aromatic rings. The van der Waals surface area contributed by atoms with E-state index in [0.717, 1.165) is 103 Å². The highest BCUT2D eigenvalue weighted by molar-refractivity contribution is 5.71. The average Bonchev–Trinajstić information content (AvgIpc) is 3.28. The lowest BCUT2D eigenvalue weighted by Gasteiger charge is -2.18. The Hall–Kier alpha value is -4.71. The summed E-state index contributed by atoms with van der Waals surface area (Å²) in [5.74, 6) is -1.12. The van der Waals surface area contributed by atoms with Gasteiger partial charge in [0.1, 0.15) is 13.2 Å². The quantitative estimate of drug-likeness (QED) is 0.0200. The van der Waals surface area contributed by atoms with E-state index in [0.29, 0.717) is 19.3 Å². The molecule has 350 valence electrons. The van der Waals surface area contributed by atoms with E-state index in [-0.39, 0.29) is 38.0 Å². The van der Waals surface area contributed by atoms with Crippen molar-refractivity contribution in [1.29, 1.82) is 0 Å². The fourth-order valence-electron chi connectivity index (χ4n) is 5.82. The van der Waals surface area contributed by atoms with Crippen LogP contribution in [0.15, 0.2) is 146 Å². The van der Waals surface area contributed by atoms with Crippen molar-refractivity contribution in [3.63, 3.8) is 0 Å². The zero-order valence-electron chi connectivity index (χ0n) is 39.8. The number of carbonyl (C=O) groups excluding carboxylic acids is 3. The number of unbranched alkanes of at least 4 members (excludes halogenated alkanes) is 9. The van der Waals surface area contributed by atoms with Gasteiger partial charge in [-0.05, 0) is 103 Å². The Bertz CT molecular complexity index is 1460. The minimum absolute atomic E-state index is 0.143. The Balaban J connectivity index is 4.62. The van der Waals surface area contributed by atoms with Gasteiger partial charge in [-0.2, -0.15) is 0 Å². The number of hydrogen-bond donors (Lipinski definition) is 0. The first kappa shape index (κ1) is 58.3. The molecule has 0 radical (unpaired) electrons. The molecule has 1 atom stereocenters. The second-order valence-corrected chi connectivity index (χ2v) is 15.3. The van der Waals surface area contributed by atoms with Crippen LogP contribution in [0.1, 0.15) is 175 Å². The number of hydrogen-bond acceptors (Lipinski definition) is 6. The van der Waals surface area contributed by atoms with Gasteiger partial charge in [0.15, 0.2) is 6.10 Å². The van der Waals surface area contributed by atoms with Crippen LogP contribution in [0.2, 0.25) is 0 Å². The molecule has 0 aliphatic heterocycles. The fraction of sp³-hybridized carbons (Fsp3) is 0.526. The topological polar surface area (TPSA) is 78.9 Å². The van der Waals surface area contributed by atoms with Crippen molar-refractivity contribution in [2.24, 2.45) is 0 Å². The fourth-order valence-corrected chi connectivity index (χ4v) is 5.82. The Morgan fingerprint density at radius 2 is 0.730 bits per heavy atom. The lowest BCUT2D eigenvalue weighted by Crippen LogP contribution is -2.30. The molecule has 0 aliphatic carbocycles. The van der Waals surface area contributed by atoms with Crippen molar-refractivity contribution in [3.05, 3.63) is 146 Å². The summed E-state index contributed by atoms with van der Waals surface area (Å²) in [6, 6.07) is 0. The minimum atomic E-state index is -0.853. The van der Waals surface area contributed by atoms with Gasteiger partial charge >= 0.3 is 17.9 Å². The molecule has 0 saturated heterocycles. The van der Waals surface area contributed by atoms with E-state index >= 15 is 0 Å². The van der Waals surface area contributed by atoms with Crippen molar-refractivity contribution in [2.45, 2.75) is 181 Å². The summed E-state index contributed by atoms with van der Waals surface area (Å²) in [7, 11) is 0. The summed E-state index contributed by atoms with van der Waals surface area (Å²) in [6.45, 7) is 6.20. The summed E-state index contributed by atoms with van der Waals surface area (Å²) < 4.78 is 16.6. The van der Waals surface area contributed by atoms with Gasteiger partial charge in [0.25, 0.3) is 0 Å². The van der Waals surface area contributed by atoms with E-state index in [4.69, 9.17) is 14.2 Å². The molecule has 0 bridgehead atoms. The second kappa shape index (κ2) is 49.9. The molecule has 0 saturated carbocycles. The monoisotopic (exact) mass is 867 g/mol. The van der Waals surface area contributed by atoms with Crippen LogP contribution in [-0.4, -0.2) is 37.2 Å². The predicted molar refractivity (Wildman–Crippen MR) is 269 cm³/mol. The number of ether oxygens (including phenoxy) is 3. The first-order chi connectivity index (χ1) is 31.0. The van der Waals surface area contributed by atoms with Crippen LogP contribution in [0, 0.1) is 0 Å². The highest BCUT2D eigenvalue weighted by atomic mass is 16.6. The molecule has 0 rings (SSSR count). The van der Waals surface area contributed by atoms with Gasteiger partial charge in [0.2, 0.25) is 0 Å². The van der Waals surface area contributed by atoms with E-state index < -0.39 is 12.1 Å². The standard InChI is InChI=1S/C57H86O6/c1-4-7-10-13-16-19-22-24-26-28-29-31-32-35-38-41-44-47-50-56(59)62-53-54(52-61-55(58)49-46-43-40-37-34-21-18-15-12-9-6-3)63-57(60)51-48-45-42-39-36-33-30-27-25-23-20-17-14-11-8-5-2/h8-9,11-12,16-22,24-29,31,33,36-37,40,42,45,54H,4-7,10,13-15,23,30,32,34-35,38-39,41,43-44,46-53H2,1-3H3/b11-8-,12-9-,19-16-,20-17-,21-18-,24-22-,27-25-,28-26-,31-29-,36-33-,40-37-,45-42-. The van der Waals surface area contributed by atoms with E-state index in [9.17, 15) is 14.4 Å². The summed E-state index contributed by atoms with van der Waals surface area (Å²) in [5, 5.41) is 0. The Kier molecular flexibility index (Phi) is 46.2. The molecule has 0 spiro atoms. The van der Waals surface area contributed by atoms with Crippen molar-refractivity contribution >= 4 is 17.9 Å². The average molecular weight is 867 g/mol. The van der Waals surface area contributed by atoms with Crippen LogP contribution in [0.4, 0.5) is 0 Å². The van der Waals surface area contributed by atoms with Gasteiger partial charge in [0, 0.05) is 19.3 Å². The molecule has 0 fully saturated rings. The molecule has 0 aliphatic rings. The summed E-state index contributed by atoms with van der Waals surface area (Å²) in [4.78, 5) is 37.8. The van der Waals surface area contributed by atoms with Crippen LogP contribution in [-0.2, 0) is 28.6 Å². The number of rotatable bonds is 41. The normalized spacial score (nSPS) is 13.4. The van der Waals surface area contributed by atoms with Crippen molar-refractivity contribution in [2.75, 3.05) is 13.2 Å². The van der Waals surface area contributed by atoms with Crippen molar-refractivity contribution < 1.29 is 28.6 Å². The van der Waals surface area contributed by atoms with E-state index in [1.54, 1.807) is 0 Å². The Morgan fingerprint density at radius 1 is 0.349 bits per heavy atom. The zero-order valence-corrected chi connectivity index (χ0v) is 39.8. The van der Waals surface area contributed by atoms with E-state index in [2.05, 4.69) is 154 Å². The maximum atomic E-state index is 12.7.